The number of fused-ring (bicyclic) bond motifs is 1. The highest BCUT2D eigenvalue weighted by atomic mass is 16.4. The van der Waals surface area contributed by atoms with E-state index in [2.05, 4.69) is 14.4 Å². The maximum absolute atomic E-state index is 11.1. The van der Waals surface area contributed by atoms with Gasteiger partial charge < -0.3 is 4.42 Å². The SMILES string of the molecule is Cc1ccc2c(=O)oc(=O)[nH]c2n1. The van der Waals surface area contributed by atoms with E-state index < -0.39 is 11.4 Å². The Labute approximate surface area is 72.0 Å². The van der Waals surface area contributed by atoms with Crippen LogP contribution in [0.3, 0.4) is 0 Å². The zero-order valence-corrected chi connectivity index (χ0v) is 6.83. The molecule has 0 aromatic carbocycles. The zero-order chi connectivity index (χ0) is 9.42. The first-order valence-corrected chi connectivity index (χ1v) is 3.67. The lowest BCUT2D eigenvalue weighted by Gasteiger charge is -1.94. The second-order valence-corrected chi connectivity index (χ2v) is 2.65. The molecule has 66 valence electrons. The molecule has 0 aliphatic heterocycles. The lowest BCUT2D eigenvalue weighted by molar-refractivity contribution is 0.459. The maximum Gasteiger partial charge on any atom is 0.420 e. The van der Waals surface area contributed by atoms with Gasteiger partial charge in [0.25, 0.3) is 0 Å². The molecular formula is C8H6N2O3. The van der Waals surface area contributed by atoms with Crippen molar-refractivity contribution in [2.75, 3.05) is 0 Å². The number of nitrogens with one attached hydrogen (secondary N) is 1. The predicted molar refractivity (Wildman–Crippen MR) is 45.6 cm³/mol. The van der Waals surface area contributed by atoms with Crippen LogP contribution in [0, 0.1) is 6.92 Å². The number of hydrogen-bond acceptors (Lipinski definition) is 4. The molecule has 2 heterocycles. The first-order chi connectivity index (χ1) is 6.16. The van der Waals surface area contributed by atoms with Gasteiger partial charge in [0.15, 0.2) is 0 Å². The lowest BCUT2D eigenvalue weighted by Crippen LogP contribution is -2.15. The van der Waals surface area contributed by atoms with Gasteiger partial charge in [0, 0.05) is 5.69 Å². The Morgan fingerprint density at radius 1 is 1.38 bits per heavy atom. The predicted octanol–water partition coefficient (Wildman–Crippen LogP) is 0.185. The van der Waals surface area contributed by atoms with Gasteiger partial charge in [0.1, 0.15) is 11.0 Å². The van der Waals surface area contributed by atoms with Crippen molar-refractivity contribution in [3.63, 3.8) is 0 Å². The molecule has 0 fully saturated rings. The van der Waals surface area contributed by atoms with E-state index in [0.29, 0.717) is 0 Å². The van der Waals surface area contributed by atoms with Crippen LogP contribution in [0.5, 0.6) is 0 Å². The average molecular weight is 178 g/mol. The third kappa shape index (κ3) is 1.24. The fraction of sp³-hybridized carbons (Fsp3) is 0.125. The number of pyridine rings is 1. The van der Waals surface area contributed by atoms with Crippen LogP contribution in [0.4, 0.5) is 0 Å². The van der Waals surface area contributed by atoms with Crippen molar-refractivity contribution in [2.24, 2.45) is 0 Å². The van der Waals surface area contributed by atoms with E-state index in [1.165, 1.54) is 0 Å². The van der Waals surface area contributed by atoms with Crippen LogP contribution < -0.4 is 11.4 Å². The van der Waals surface area contributed by atoms with Crippen LogP contribution in [0.15, 0.2) is 26.1 Å². The number of H-pyrrole nitrogens is 1. The molecule has 5 nitrogen and oxygen atoms in total. The van der Waals surface area contributed by atoms with Crippen LogP contribution in [0.2, 0.25) is 0 Å². The highest BCUT2D eigenvalue weighted by Crippen LogP contribution is 2.02. The van der Waals surface area contributed by atoms with Crippen LogP contribution in [-0.4, -0.2) is 9.97 Å². The average Bonchev–Trinajstić information content (AvgIpc) is 2.02. The summed E-state index contributed by atoms with van der Waals surface area (Å²) >= 11 is 0. The minimum atomic E-state index is -0.782. The highest BCUT2D eigenvalue weighted by molar-refractivity contribution is 5.72. The second-order valence-electron chi connectivity index (χ2n) is 2.65. The Hall–Kier alpha value is -1.91. The standard InChI is InChI=1S/C8H6N2O3/c1-4-2-3-5-6(9-4)10-8(12)13-7(5)11/h2-3H,1H3,(H,9,10,12). The smallest absolute Gasteiger partial charge is 0.372 e. The van der Waals surface area contributed by atoms with Gasteiger partial charge in [-0.1, -0.05) is 0 Å². The third-order valence-electron chi connectivity index (χ3n) is 1.66. The summed E-state index contributed by atoms with van der Waals surface area (Å²) in [5, 5.41) is 0.283. The summed E-state index contributed by atoms with van der Waals surface area (Å²) < 4.78 is 4.32. The van der Waals surface area contributed by atoms with Gasteiger partial charge >= 0.3 is 11.4 Å². The Bertz CT molecular complexity index is 567. The Kier molecular flexibility index (Phi) is 1.51. The Morgan fingerprint density at radius 2 is 2.15 bits per heavy atom. The van der Waals surface area contributed by atoms with E-state index in [-0.39, 0.29) is 11.0 Å². The summed E-state index contributed by atoms with van der Waals surface area (Å²) in [6.45, 7) is 1.77. The minimum Gasteiger partial charge on any atom is -0.372 e. The molecule has 0 atom stereocenters. The molecule has 13 heavy (non-hydrogen) atoms. The van der Waals surface area contributed by atoms with Crippen molar-refractivity contribution < 1.29 is 4.42 Å². The van der Waals surface area contributed by atoms with Gasteiger partial charge in [0.05, 0.1) is 0 Å². The minimum absolute atomic E-state index is 0.265. The molecular weight excluding hydrogens is 172 g/mol. The third-order valence-corrected chi connectivity index (χ3v) is 1.66. The van der Waals surface area contributed by atoms with Crippen molar-refractivity contribution in [3.8, 4) is 0 Å². The summed E-state index contributed by atoms with van der Waals surface area (Å²) in [4.78, 5) is 28.2. The van der Waals surface area contributed by atoms with Gasteiger partial charge in [-0.05, 0) is 19.1 Å². The van der Waals surface area contributed by atoms with Gasteiger partial charge in [-0.2, -0.15) is 0 Å². The molecule has 0 saturated heterocycles. The molecule has 0 radical (unpaired) electrons. The number of rotatable bonds is 0. The van der Waals surface area contributed by atoms with Crippen molar-refractivity contribution in [3.05, 3.63) is 38.8 Å². The van der Waals surface area contributed by atoms with Crippen LogP contribution in [0.25, 0.3) is 11.0 Å². The van der Waals surface area contributed by atoms with E-state index in [9.17, 15) is 9.59 Å². The van der Waals surface area contributed by atoms with Crippen LogP contribution >= 0.6 is 0 Å². The summed E-state index contributed by atoms with van der Waals surface area (Å²) in [6.07, 6.45) is 0. The molecule has 0 amide bonds. The quantitative estimate of drug-likeness (QED) is 0.624. The lowest BCUT2D eigenvalue weighted by atomic mass is 10.3. The van der Waals surface area contributed by atoms with Crippen molar-refractivity contribution in [1.82, 2.24) is 9.97 Å². The molecule has 0 unspecified atom stereocenters. The van der Waals surface area contributed by atoms with E-state index in [4.69, 9.17) is 0 Å². The van der Waals surface area contributed by atoms with Crippen LogP contribution in [-0.2, 0) is 0 Å². The number of hydrogen-bond donors (Lipinski definition) is 1. The van der Waals surface area contributed by atoms with Crippen molar-refractivity contribution in [2.45, 2.75) is 6.92 Å². The first kappa shape index (κ1) is 7.72. The normalized spacial score (nSPS) is 10.5. The molecule has 2 aromatic heterocycles. The molecule has 2 rings (SSSR count). The first-order valence-electron chi connectivity index (χ1n) is 3.67. The summed E-state index contributed by atoms with van der Waals surface area (Å²) in [6, 6.07) is 3.25. The van der Waals surface area contributed by atoms with Gasteiger partial charge in [0.2, 0.25) is 0 Å². The molecule has 0 saturated carbocycles. The fourth-order valence-electron chi connectivity index (χ4n) is 1.08. The highest BCUT2D eigenvalue weighted by Gasteiger charge is 2.02. The monoisotopic (exact) mass is 178 g/mol. The maximum atomic E-state index is 11.1. The van der Waals surface area contributed by atoms with Crippen molar-refractivity contribution >= 4 is 11.0 Å². The number of aromatic nitrogens is 2. The van der Waals surface area contributed by atoms with Gasteiger partial charge in [-0.25, -0.2) is 14.6 Å². The molecule has 0 bridgehead atoms. The zero-order valence-electron chi connectivity index (χ0n) is 6.83. The number of nitrogens with zero attached hydrogens (tertiary/aromatic N) is 1. The molecule has 2 aromatic rings. The van der Waals surface area contributed by atoms with E-state index >= 15 is 0 Å². The summed E-state index contributed by atoms with van der Waals surface area (Å²) in [5.74, 6) is -0.782. The summed E-state index contributed by atoms with van der Waals surface area (Å²) in [7, 11) is 0. The van der Waals surface area contributed by atoms with Crippen LogP contribution in [0.1, 0.15) is 5.69 Å². The number of aromatic amines is 1. The molecule has 5 heteroatoms. The van der Waals surface area contributed by atoms with E-state index in [0.717, 1.165) is 5.69 Å². The van der Waals surface area contributed by atoms with Crippen molar-refractivity contribution in [1.29, 1.82) is 0 Å². The Balaban J connectivity index is 3.03. The van der Waals surface area contributed by atoms with E-state index in [1.54, 1.807) is 19.1 Å². The van der Waals surface area contributed by atoms with Gasteiger partial charge in [-0.3, -0.25) is 4.98 Å². The topological polar surface area (TPSA) is 76.0 Å². The van der Waals surface area contributed by atoms with E-state index in [1.807, 2.05) is 0 Å². The fourth-order valence-corrected chi connectivity index (χ4v) is 1.08. The molecule has 0 spiro atoms. The number of aryl methyl sites for hydroxylation is 1. The van der Waals surface area contributed by atoms with Gasteiger partial charge in [-0.15, -0.1) is 0 Å². The summed E-state index contributed by atoms with van der Waals surface area (Å²) in [5.41, 5.74) is 0.334. The second kappa shape index (κ2) is 2.55. The largest absolute Gasteiger partial charge is 0.420 e. The molecule has 1 N–H and O–H groups in total. The Morgan fingerprint density at radius 3 is 2.92 bits per heavy atom. The molecule has 0 aliphatic carbocycles. The molecule has 0 aliphatic rings.